The number of thioether (sulfide) groups is 1. The first-order valence-corrected chi connectivity index (χ1v) is 10.0. The summed E-state index contributed by atoms with van der Waals surface area (Å²) in [6.07, 6.45) is 1.79. The molecule has 4 heterocycles. The van der Waals surface area contributed by atoms with E-state index in [0.29, 0.717) is 0 Å². The second-order valence-electron chi connectivity index (χ2n) is 6.20. The van der Waals surface area contributed by atoms with Gasteiger partial charge in [0.25, 0.3) is 0 Å². The molecule has 0 spiro atoms. The molecule has 0 radical (unpaired) electrons. The van der Waals surface area contributed by atoms with Gasteiger partial charge < -0.3 is 14.5 Å². The fraction of sp³-hybridized carbons (Fsp3) is 0.588. The van der Waals surface area contributed by atoms with Crippen molar-refractivity contribution in [3.8, 4) is 11.5 Å². The monoisotopic (exact) mass is 376 g/mol. The number of nitrogens with zero attached hydrogens (tertiary/aromatic N) is 6. The normalized spacial score (nSPS) is 19.0. The Kier molecular flexibility index (Phi) is 6.00. The minimum atomic E-state index is 0.720. The van der Waals surface area contributed by atoms with E-state index in [0.717, 1.165) is 81.6 Å². The molecule has 140 valence electrons. The Morgan fingerprint density at radius 1 is 0.962 bits per heavy atom. The second kappa shape index (κ2) is 8.81. The van der Waals surface area contributed by atoms with Crippen LogP contribution in [-0.4, -0.2) is 89.7 Å². The highest BCUT2D eigenvalue weighted by molar-refractivity contribution is 7.99. The van der Waals surface area contributed by atoms with Gasteiger partial charge in [0.15, 0.2) is 0 Å². The van der Waals surface area contributed by atoms with Gasteiger partial charge in [-0.25, -0.2) is 4.68 Å². The molecule has 9 heteroatoms. The van der Waals surface area contributed by atoms with Crippen molar-refractivity contribution in [3.63, 3.8) is 0 Å². The second-order valence-corrected chi connectivity index (χ2v) is 7.26. The molecule has 0 N–H and O–H groups in total. The van der Waals surface area contributed by atoms with Gasteiger partial charge in [0.1, 0.15) is 5.69 Å². The van der Waals surface area contributed by atoms with Crippen LogP contribution in [0.2, 0.25) is 0 Å². The molecule has 4 rings (SSSR count). The molecule has 0 bridgehead atoms. The molecule has 0 saturated carbocycles. The lowest BCUT2D eigenvalue weighted by atomic mass is 10.3. The number of rotatable bonds is 6. The molecule has 0 atom stereocenters. The molecular formula is C17H24N6O2S. The molecule has 0 unspecified atom stereocenters. The zero-order chi connectivity index (χ0) is 17.6. The van der Waals surface area contributed by atoms with Crippen molar-refractivity contribution < 1.29 is 9.47 Å². The molecule has 2 aromatic heterocycles. The Hall–Kier alpha value is -1.68. The number of hydrogen-bond donors (Lipinski definition) is 0. The van der Waals surface area contributed by atoms with E-state index < -0.39 is 0 Å². The van der Waals surface area contributed by atoms with Gasteiger partial charge in [-0.3, -0.25) is 9.88 Å². The van der Waals surface area contributed by atoms with Crippen LogP contribution in [0, 0.1) is 0 Å². The molecule has 2 fully saturated rings. The van der Waals surface area contributed by atoms with E-state index in [9.17, 15) is 0 Å². The lowest BCUT2D eigenvalue weighted by Gasteiger charge is -2.31. The van der Waals surface area contributed by atoms with Crippen LogP contribution in [0.1, 0.15) is 0 Å². The highest BCUT2D eigenvalue weighted by atomic mass is 32.2. The van der Waals surface area contributed by atoms with Crippen molar-refractivity contribution in [1.82, 2.24) is 24.8 Å². The minimum Gasteiger partial charge on any atom is -0.379 e. The summed E-state index contributed by atoms with van der Waals surface area (Å²) in [5, 5.41) is 12.1. The zero-order valence-electron chi connectivity index (χ0n) is 14.8. The van der Waals surface area contributed by atoms with E-state index in [1.54, 1.807) is 18.0 Å². The lowest BCUT2D eigenvalue weighted by molar-refractivity contribution is 0.0410. The first kappa shape index (κ1) is 17.7. The molecular weight excluding hydrogens is 352 g/mol. The van der Waals surface area contributed by atoms with Crippen molar-refractivity contribution in [1.29, 1.82) is 0 Å². The van der Waals surface area contributed by atoms with Crippen LogP contribution in [0.4, 0.5) is 0 Å². The summed E-state index contributed by atoms with van der Waals surface area (Å²) in [7, 11) is 0. The third-order valence-corrected chi connectivity index (χ3v) is 5.42. The lowest BCUT2D eigenvalue weighted by Crippen LogP contribution is -2.44. The average molecular weight is 376 g/mol. The molecule has 2 aromatic rings. The van der Waals surface area contributed by atoms with Gasteiger partial charge >= 0.3 is 0 Å². The summed E-state index contributed by atoms with van der Waals surface area (Å²) in [5.41, 5.74) is 0.839. The quantitative estimate of drug-likeness (QED) is 0.684. The smallest absolute Gasteiger partial charge is 0.210 e. The summed E-state index contributed by atoms with van der Waals surface area (Å²) < 4.78 is 13.0. The summed E-state index contributed by atoms with van der Waals surface area (Å²) in [4.78, 5) is 6.90. The zero-order valence-corrected chi connectivity index (χ0v) is 15.6. The molecule has 8 nitrogen and oxygen atoms in total. The highest BCUT2D eigenvalue weighted by Crippen LogP contribution is 2.23. The molecule has 26 heavy (non-hydrogen) atoms. The van der Waals surface area contributed by atoms with Gasteiger partial charge in [-0.2, -0.15) is 0 Å². The van der Waals surface area contributed by atoms with E-state index in [1.165, 1.54) is 0 Å². The van der Waals surface area contributed by atoms with Crippen molar-refractivity contribution in [2.75, 3.05) is 69.9 Å². The van der Waals surface area contributed by atoms with Crippen LogP contribution in [0.15, 0.2) is 29.6 Å². The van der Waals surface area contributed by atoms with E-state index in [-0.39, 0.29) is 0 Å². The predicted octanol–water partition coefficient (Wildman–Crippen LogP) is 0.733. The topological polar surface area (TPSA) is 68.5 Å². The molecule has 2 saturated heterocycles. The van der Waals surface area contributed by atoms with E-state index in [1.807, 2.05) is 18.2 Å². The predicted molar refractivity (Wildman–Crippen MR) is 100 cm³/mol. The summed E-state index contributed by atoms with van der Waals surface area (Å²) in [6, 6.07) is 5.87. The summed E-state index contributed by atoms with van der Waals surface area (Å²) in [5.74, 6) is 1.77. The van der Waals surface area contributed by atoms with E-state index in [2.05, 4.69) is 29.8 Å². The number of pyridine rings is 1. The molecule has 0 aromatic carbocycles. The highest BCUT2D eigenvalue weighted by Gasteiger charge is 2.22. The van der Waals surface area contributed by atoms with Crippen molar-refractivity contribution in [2.24, 2.45) is 0 Å². The fourth-order valence-corrected chi connectivity index (χ4v) is 4.06. The largest absolute Gasteiger partial charge is 0.379 e. The third-order valence-electron chi connectivity index (χ3n) is 4.52. The van der Waals surface area contributed by atoms with Crippen LogP contribution < -0.4 is 5.01 Å². The first-order chi connectivity index (χ1) is 12.9. The number of morpholine rings is 2. The van der Waals surface area contributed by atoms with E-state index >= 15 is 0 Å². The van der Waals surface area contributed by atoms with Crippen LogP contribution in [0.3, 0.4) is 0 Å². The summed E-state index contributed by atoms with van der Waals surface area (Å²) in [6.45, 7) is 7.81. The van der Waals surface area contributed by atoms with Crippen LogP contribution in [-0.2, 0) is 9.47 Å². The van der Waals surface area contributed by atoms with Gasteiger partial charge in [-0.1, -0.05) is 17.8 Å². The van der Waals surface area contributed by atoms with Gasteiger partial charge in [-0.05, 0) is 12.1 Å². The summed E-state index contributed by atoms with van der Waals surface area (Å²) >= 11 is 1.75. The van der Waals surface area contributed by atoms with Gasteiger partial charge in [0.2, 0.25) is 11.0 Å². The Balaban J connectivity index is 1.50. The molecule has 0 amide bonds. The van der Waals surface area contributed by atoms with Crippen LogP contribution in [0.5, 0.6) is 0 Å². The maximum atomic E-state index is 5.51. The van der Waals surface area contributed by atoms with Crippen molar-refractivity contribution in [2.45, 2.75) is 5.16 Å². The Bertz CT molecular complexity index is 686. The maximum absolute atomic E-state index is 5.51. The third kappa shape index (κ3) is 4.17. The minimum absolute atomic E-state index is 0.720. The number of aromatic nitrogens is 4. The Morgan fingerprint density at radius 2 is 1.73 bits per heavy atom. The van der Waals surface area contributed by atoms with Crippen LogP contribution in [0.25, 0.3) is 11.5 Å². The molecule has 2 aliphatic rings. The maximum Gasteiger partial charge on any atom is 0.210 e. The van der Waals surface area contributed by atoms with Crippen molar-refractivity contribution >= 4 is 11.8 Å². The van der Waals surface area contributed by atoms with Gasteiger partial charge in [0, 0.05) is 31.6 Å². The molecule has 2 aliphatic heterocycles. The Labute approximate surface area is 157 Å². The van der Waals surface area contributed by atoms with Crippen molar-refractivity contribution in [3.05, 3.63) is 24.4 Å². The van der Waals surface area contributed by atoms with Crippen LogP contribution >= 0.6 is 11.8 Å². The first-order valence-electron chi connectivity index (χ1n) is 9.04. The number of ether oxygens (including phenoxy) is 2. The standard InChI is InChI=1S/C17H24N6O2S/c1-2-4-18-15(3-1)16-19-20-17(23(16)22-7-12-25-13-8-22)26-14-9-21-5-10-24-11-6-21/h1-4H,5-14H2. The van der Waals surface area contributed by atoms with Gasteiger partial charge in [0.05, 0.1) is 39.5 Å². The number of hydrogen-bond acceptors (Lipinski definition) is 8. The fourth-order valence-electron chi connectivity index (χ4n) is 3.11. The average Bonchev–Trinajstić information content (AvgIpc) is 3.14. The van der Waals surface area contributed by atoms with Gasteiger partial charge in [-0.15, -0.1) is 10.2 Å². The molecule has 0 aliphatic carbocycles. The SMILES string of the molecule is c1ccc(-c2nnc(SCCN3CCOCC3)n2N2CCOCC2)nc1. The Morgan fingerprint density at radius 3 is 2.46 bits per heavy atom. The van der Waals surface area contributed by atoms with E-state index in [4.69, 9.17) is 9.47 Å².